The van der Waals surface area contributed by atoms with Crippen LogP contribution in [-0.2, 0) is 13.0 Å². The van der Waals surface area contributed by atoms with E-state index in [1.807, 2.05) is 6.92 Å². The van der Waals surface area contributed by atoms with E-state index < -0.39 is 0 Å². The van der Waals surface area contributed by atoms with E-state index in [9.17, 15) is 0 Å². The second-order valence-electron chi connectivity index (χ2n) is 4.98. The molecule has 0 unspecified atom stereocenters. The van der Waals surface area contributed by atoms with Crippen LogP contribution in [0.15, 0.2) is 12.3 Å². The molecule has 0 bridgehead atoms. The molecule has 106 valence electrons. The summed E-state index contributed by atoms with van der Waals surface area (Å²) in [5, 5.41) is 11.6. The first-order valence-corrected chi connectivity index (χ1v) is 6.76. The van der Waals surface area contributed by atoms with E-state index in [0.29, 0.717) is 17.7 Å². The van der Waals surface area contributed by atoms with Crippen molar-refractivity contribution in [1.82, 2.24) is 24.7 Å². The minimum absolute atomic E-state index is 0.534. The topological polar surface area (TPSA) is 77.8 Å². The van der Waals surface area contributed by atoms with Gasteiger partial charge in [0, 0.05) is 31.8 Å². The van der Waals surface area contributed by atoms with Crippen molar-refractivity contribution in [3.05, 3.63) is 23.9 Å². The largest absolute Gasteiger partial charge is 0.481 e. The van der Waals surface area contributed by atoms with Crippen molar-refractivity contribution in [3.8, 4) is 5.88 Å². The Balaban J connectivity index is 1.61. The third-order valence-corrected chi connectivity index (χ3v) is 3.62. The molecule has 1 aliphatic rings. The highest BCUT2D eigenvalue weighted by molar-refractivity contribution is 5.27. The van der Waals surface area contributed by atoms with Crippen LogP contribution in [0.5, 0.6) is 5.88 Å². The minimum atomic E-state index is 0.534. The highest BCUT2D eigenvalue weighted by atomic mass is 16.5. The summed E-state index contributed by atoms with van der Waals surface area (Å²) in [7, 11) is 1.60. The van der Waals surface area contributed by atoms with E-state index in [4.69, 9.17) is 4.74 Å². The normalized spacial score (nSPS) is 17.6. The molecule has 2 aromatic heterocycles. The molecule has 0 spiro atoms. The summed E-state index contributed by atoms with van der Waals surface area (Å²) in [6.07, 6.45) is 3.78. The van der Waals surface area contributed by atoms with Gasteiger partial charge in [-0.1, -0.05) is 0 Å². The second-order valence-corrected chi connectivity index (χ2v) is 4.98. The highest BCUT2D eigenvalue weighted by Gasteiger charge is 2.21. The smallest absolute Gasteiger partial charge is 0.225 e. The zero-order chi connectivity index (χ0) is 13.9. The third-order valence-electron chi connectivity index (χ3n) is 3.62. The molecule has 20 heavy (non-hydrogen) atoms. The number of aromatic nitrogens is 5. The van der Waals surface area contributed by atoms with E-state index in [1.165, 1.54) is 0 Å². The van der Waals surface area contributed by atoms with Gasteiger partial charge in [-0.3, -0.25) is 0 Å². The van der Waals surface area contributed by atoms with Gasteiger partial charge < -0.3 is 14.6 Å². The molecule has 1 atom stereocenters. The van der Waals surface area contributed by atoms with E-state index >= 15 is 0 Å². The minimum Gasteiger partial charge on any atom is -0.481 e. The van der Waals surface area contributed by atoms with Crippen molar-refractivity contribution in [2.24, 2.45) is 5.92 Å². The lowest BCUT2D eigenvalue weighted by Gasteiger charge is -2.24. The fourth-order valence-electron chi connectivity index (χ4n) is 2.47. The Labute approximate surface area is 117 Å². The van der Waals surface area contributed by atoms with E-state index in [0.717, 1.165) is 37.6 Å². The van der Waals surface area contributed by atoms with Crippen LogP contribution in [0.25, 0.3) is 0 Å². The van der Waals surface area contributed by atoms with Gasteiger partial charge in [-0.25, -0.2) is 4.98 Å². The molecular formula is C13H18N6O. The Bertz CT molecular complexity index is 596. The van der Waals surface area contributed by atoms with Crippen LogP contribution in [0, 0.1) is 12.8 Å². The molecule has 0 saturated carbocycles. The molecule has 0 fully saturated rings. The number of aryl methyl sites for hydroxylation is 2. The molecule has 0 radical (unpaired) electrons. The van der Waals surface area contributed by atoms with E-state index in [2.05, 4.69) is 30.0 Å². The molecule has 7 heteroatoms. The average Bonchev–Trinajstić information content (AvgIpc) is 2.86. The van der Waals surface area contributed by atoms with Crippen molar-refractivity contribution in [3.63, 3.8) is 0 Å². The van der Waals surface area contributed by atoms with Crippen LogP contribution in [0.1, 0.15) is 18.1 Å². The summed E-state index contributed by atoms with van der Waals surface area (Å²) in [6, 6.07) is 1.73. The highest BCUT2D eigenvalue weighted by Crippen LogP contribution is 2.20. The molecule has 2 aromatic rings. The van der Waals surface area contributed by atoms with Gasteiger partial charge in [-0.2, -0.15) is 4.98 Å². The number of fused-ring (bicyclic) bond motifs is 1. The van der Waals surface area contributed by atoms with Crippen molar-refractivity contribution >= 4 is 5.95 Å². The molecule has 3 rings (SSSR count). The number of rotatable bonds is 4. The first-order chi connectivity index (χ1) is 9.76. The zero-order valence-corrected chi connectivity index (χ0v) is 11.7. The average molecular weight is 274 g/mol. The molecule has 7 nitrogen and oxygen atoms in total. The predicted molar refractivity (Wildman–Crippen MR) is 73.6 cm³/mol. The van der Waals surface area contributed by atoms with Crippen molar-refractivity contribution in [1.29, 1.82) is 0 Å². The summed E-state index contributed by atoms with van der Waals surface area (Å²) in [6.45, 7) is 3.78. The van der Waals surface area contributed by atoms with Gasteiger partial charge in [0.2, 0.25) is 11.8 Å². The maximum Gasteiger partial charge on any atom is 0.225 e. The Morgan fingerprint density at radius 1 is 1.45 bits per heavy atom. The van der Waals surface area contributed by atoms with Crippen LogP contribution in [0.4, 0.5) is 5.95 Å². The number of hydrogen-bond donors (Lipinski definition) is 1. The molecule has 0 aromatic carbocycles. The number of nitrogens with zero attached hydrogens (tertiary/aromatic N) is 5. The lowest BCUT2D eigenvalue weighted by Crippen LogP contribution is -2.27. The summed E-state index contributed by atoms with van der Waals surface area (Å²) in [5.41, 5.74) is 0. The number of methoxy groups -OCH3 is 1. The lowest BCUT2D eigenvalue weighted by molar-refractivity contribution is 0.375. The molecule has 1 aliphatic heterocycles. The number of nitrogens with one attached hydrogen (secondary N) is 1. The van der Waals surface area contributed by atoms with Gasteiger partial charge in [-0.15, -0.1) is 10.2 Å². The van der Waals surface area contributed by atoms with E-state index in [1.54, 1.807) is 19.4 Å². The van der Waals surface area contributed by atoms with Crippen LogP contribution < -0.4 is 10.1 Å². The lowest BCUT2D eigenvalue weighted by atomic mass is 9.99. The summed E-state index contributed by atoms with van der Waals surface area (Å²) < 4.78 is 7.28. The van der Waals surface area contributed by atoms with Crippen molar-refractivity contribution in [2.75, 3.05) is 19.0 Å². The van der Waals surface area contributed by atoms with Gasteiger partial charge in [0.05, 0.1) is 7.11 Å². The second kappa shape index (κ2) is 5.44. The summed E-state index contributed by atoms with van der Waals surface area (Å²) in [4.78, 5) is 8.44. The quantitative estimate of drug-likeness (QED) is 0.898. The van der Waals surface area contributed by atoms with Gasteiger partial charge in [0.15, 0.2) is 0 Å². The first kappa shape index (κ1) is 12.8. The molecular weight excluding hydrogens is 256 g/mol. The molecule has 1 N–H and O–H groups in total. The first-order valence-electron chi connectivity index (χ1n) is 6.76. The number of ether oxygens (including phenoxy) is 1. The third kappa shape index (κ3) is 2.56. The molecule has 0 amide bonds. The fourth-order valence-corrected chi connectivity index (χ4v) is 2.47. The maximum absolute atomic E-state index is 5.09. The van der Waals surface area contributed by atoms with Crippen LogP contribution in [0.3, 0.4) is 0 Å². The SMILES string of the molecule is COc1ccnc(NC[C@@H]2CCc3nnc(C)n3C2)n1. The van der Waals surface area contributed by atoms with Gasteiger partial charge >= 0.3 is 0 Å². The van der Waals surface area contributed by atoms with E-state index in [-0.39, 0.29) is 0 Å². The number of hydrogen-bond acceptors (Lipinski definition) is 6. The van der Waals surface area contributed by atoms with Crippen LogP contribution in [-0.4, -0.2) is 38.4 Å². The van der Waals surface area contributed by atoms with Crippen molar-refractivity contribution < 1.29 is 4.74 Å². The maximum atomic E-state index is 5.09. The Morgan fingerprint density at radius 3 is 3.20 bits per heavy atom. The standard InChI is InChI=1S/C13H18N6O/c1-9-17-18-11-4-3-10(8-19(9)11)7-15-13-14-6-5-12(16-13)20-2/h5-6,10H,3-4,7-8H2,1-2H3,(H,14,15,16)/t10-/m0/s1. The Hall–Kier alpha value is -2.18. The van der Waals surface area contributed by atoms with Gasteiger partial charge in [0.1, 0.15) is 11.6 Å². The fraction of sp³-hybridized carbons (Fsp3) is 0.538. The molecule has 0 saturated heterocycles. The number of anilines is 1. The zero-order valence-electron chi connectivity index (χ0n) is 11.7. The Kier molecular flexibility index (Phi) is 3.49. The predicted octanol–water partition coefficient (Wildman–Crippen LogP) is 1.06. The van der Waals surface area contributed by atoms with Gasteiger partial charge in [0.25, 0.3) is 0 Å². The van der Waals surface area contributed by atoms with Crippen LogP contribution in [0.2, 0.25) is 0 Å². The van der Waals surface area contributed by atoms with Gasteiger partial charge in [-0.05, 0) is 19.3 Å². The Morgan fingerprint density at radius 2 is 2.35 bits per heavy atom. The summed E-state index contributed by atoms with van der Waals surface area (Å²) in [5.74, 6) is 3.80. The van der Waals surface area contributed by atoms with Crippen LogP contribution >= 0.6 is 0 Å². The molecule has 0 aliphatic carbocycles. The monoisotopic (exact) mass is 274 g/mol. The summed E-state index contributed by atoms with van der Waals surface area (Å²) >= 11 is 0. The molecule has 3 heterocycles. The van der Waals surface area contributed by atoms with Crippen molar-refractivity contribution in [2.45, 2.75) is 26.3 Å².